The lowest BCUT2D eigenvalue weighted by molar-refractivity contribution is 0.669. The summed E-state index contributed by atoms with van der Waals surface area (Å²) in [5.74, 6) is 1.82. The summed E-state index contributed by atoms with van der Waals surface area (Å²) in [4.78, 5) is 15.6. The van der Waals surface area contributed by atoms with Crippen LogP contribution >= 0.6 is 11.3 Å². The van der Waals surface area contributed by atoms with Gasteiger partial charge in [0.05, 0.1) is 11.0 Å². The van der Waals surface area contributed by atoms with Crippen LogP contribution in [0.1, 0.15) is 0 Å². The van der Waals surface area contributed by atoms with Gasteiger partial charge in [-0.25, -0.2) is 4.98 Å². The average molecular weight is 747 g/mol. The molecule has 0 fully saturated rings. The highest BCUT2D eigenvalue weighted by molar-refractivity contribution is 7.26. The Morgan fingerprint density at radius 3 is 1.86 bits per heavy atom. The first-order valence-corrected chi connectivity index (χ1v) is 19.8. The fraction of sp³-hybridized carbons (Fsp3) is 0. The monoisotopic (exact) mass is 746 g/mol. The molecular formula is C51H30N4OS. The number of fused-ring (bicyclic) bond motifs is 10. The zero-order valence-corrected chi connectivity index (χ0v) is 31.2. The predicted molar refractivity (Wildman–Crippen MR) is 236 cm³/mol. The average Bonchev–Trinajstić information content (AvgIpc) is 3.96. The highest BCUT2D eigenvalue weighted by Crippen LogP contribution is 2.43. The van der Waals surface area contributed by atoms with Gasteiger partial charge in [0, 0.05) is 52.8 Å². The molecule has 0 unspecified atom stereocenters. The molecule has 0 atom stereocenters. The van der Waals surface area contributed by atoms with Crippen molar-refractivity contribution in [1.82, 2.24) is 19.5 Å². The zero-order chi connectivity index (χ0) is 37.5. The number of thiophene rings is 1. The minimum atomic E-state index is 0.585. The van der Waals surface area contributed by atoms with Gasteiger partial charge in [0.1, 0.15) is 11.2 Å². The molecule has 4 heterocycles. The molecule has 12 rings (SSSR count). The van der Waals surface area contributed by atoms with Crippen LogP contribution in [0.15, 0.2) is 186 Å². The van der Waals surface area contributed by atoms with Crippen molar-refractivity contribution in [3.8, 4) is 51.0 Å². The standard InChI is InChI=1S/C51H30N4OS/c1-3-12-32(13-4-1)36-18-11-20-42-46(36)39-27-26-35(30-43(39)56-42)31-22-24-34(25-23-31)50-52-49(33-14-5-2-6-15-33)53-51(54-50)55-41-19-9-7-16-37(41)38-28-29-45-47(48(38)55)40-17-8-10-21-44(40)57-45/h1-30H. The second-order valence-electron chi connectivity index (χ2n) is 14.4. The Morgan fingerprint density at radius 2 is 1.05 bits per heavy atom. The van der Waals surface area contributed by atoms with Gasteiger partial charge in [-0.15, -0.1) is 11.3 Å². The Labute approximate surface area is 330 Å². The van der Waals surface area contributed by atoms with Gasteiger partial charge in [-0.05, 0) is 58.7 Å². The van der Waals surface area contributed by atoms with Gasteiger partial charge in [-0.1, -0.05) is 146 Å². The first-order chi connectivity index (χ1) is 28.2. The summed E-state index contributed by atoms with van der Waals surface area (Å²) in [5.41, 5.74) is 10.2. The third-order valence-electron chi connectivity index (χ3n) is 11.1. The Balaban J connectivity index is 1.01. The maximum atomic E-state index is 6.45. The van der Waals surface area contributed by atoms with Crippen LogP contribution in [0.25, 0.3) is 115 Å². The number of hydrogen-bond acceptors (Lipinski definition) is 5. The number of rotatable bonds is 5. The van der Waals surface area contributed by atoms with Crippen molar-refractivity contribution in [2.24, 2.45) is 0 Å². The topological polar surface area (TPSA) is 56.7 Å². The molecule has 0 saturated carbocycles. The van der Waals surface area contributed by atoms with Crippen molar-refractivity contribution >= 4 is 75.3 Å². The van der Waals surface area contributed by atoms with Crippen LogP contribution in [-0.2, 0) is 0 Å². The van der Waals surface area contributed by atoms with Crippen LogP contribution < -0.4 is 0 Å². The first kappa shape index (κ1) is 31.9. The van der Waals surface area contributed by atoms with Crippen molar-refractivity contribution in [3.05, 3.63) is 182 Å². The number of benzene rings is 8. The highest BCUT2D eigenvalue weighted by atomic mass is 32.1. The highest BCUT2D eigenvalue weighted by Gasteiger charge is 2.21. The van der Waals surface area contributed by atoms with E-state index in [2.05, 4.69) is 156 Å². The van der Waals surface area contributed by atoms with E-state index in [-0.39, 0.29) is 0 Å². The maximum absolute atomic E-state index is 6.45. The van der Waals surface area contributed by atoms with E-state index in [1.165, 1.54) is 36.7 Å². The van der Waals surface area contributed by atoms with Crippen LogP contribution in [0.2, 0.25) is 0 Å². The first-order valence-electron chi connectivity index (χ1n) is 19.0. The Hall–Kier alpha value is -7.41. The maximum Gasteiger partial charge on any atom is 0.238 e. The van der Waals surface area contributed by atoms with E-state index in [9.17, 15) is 0 Å². The van der Waals surface area contributed by atoms with Crippen LogP contribution in [0, 0.1) is 0 Å². The van der Waals surface area contributed by atoms with Gasteiger partial charge >= 0.3 is 0 Å². The summed E-state index contributed by atoms with van der Waals surface area (Å²) >= 11 is 1.82. The van der Waals surface area contributed by atoms with Crippen LogP contribution in [0.4, 0.5) is 0 Å². The van der Waals surface area contributed by atoms with Gasteiger partial charge in [-0.2, -0.15) is 9.97 Å². The van der Waals surface area contributed by atoms with Gasteiger partial charge in [0.25, 0.3) is 0 Å². The van der Waals surface area contributed by atoms with Gasteiger partial charge in [0.15, 0.2) is 11.6 Å². The van der Waals surface area contributed by atoms with Crippen molar-refractivity contribution in [3.63, 3.8) is 0 Å². The molecule has 0 spiro atoms. The Kier molecular flexibility index (Phi) is 7.03. The van der Waals surface area contributed by atoms with Crippen LogP contribution in [0.5, 0.6) is 0 Å². The Morgan fingerprint density at radius 1 is 0.404 bits per heavy atom. The van der Waals surface area contributed by atoms with Gasteiger partial charge < -0.3 is 4.42 Å². The van der Waals surface area contributed by atoms with Crippen molar-refractivity contribution in [2.45, 2.75) is 0 Å². The minimum Gasteiger partial charge on any atom is -0.456 e. The molecule has 57 heavy (non-hydrogen) atoms. The van der Waals surface area contributed by atoms with Gasteiger partial charge in [-0.3, -0.25) is 4.57 Å². The summed E-state index contributed by atoms with van der Waals surface area (Å²) < 4.78 is 11.2. The van der Waals surface area contributed by atoms with Crippen molar-refractivity contribution in [1.29, 1.82) is 0 Å². The van der Waals surface area contributed by atoms with Gasteiger partial charge in [0.2, 0.25) is 5.95 Å². The quantitative estimate of drug-likeness (QED) is 0.176. The second-order valence-corrected chi connectivity index (χ2v) is 15.5. The van der Waals surface area contributed by atoms with Crippen molar-refractivity contribution in [2.75, 3.05) is 0 Å². The van der Waals surface area contributed by atoms with E-state index in [0.29, 0.717) is 17.6 Å². The fourth-order valence-corrected chi connectivity index (χ4v) is 9.57. The number of nitrogens with zero attached hydrogens (tertiary/aromatic N) is 4. The molecular weight excluding hydrogens is 717 g/mol. The lowest BCUT2D eigenvalue weighted by Crippen LogP contribution is -2.06. The third-order valence-corrected chi connectivity index (χ3v) is 12.2. The normalized spacial score (nSPS) is 11.9. The van der Waals surface area contributed by atoms with Crippen LogP contribution in [0.3, 0.4) is 0 Å². The summed E-state index contributed by atoms with van der Waals surface area (Å²) in [6, 6.07) is 63.6. The van der Waals surface area contributed by atoms with E-state index in [0.717, 1.165) is 60.6 Å². The smallest absolute Gasteiger partial charge is 0.238 e. The lowest BCUT2D eigenvalue weighted by Gasteiger charge is -2.12. The number of hydrogen-bond donors (Lipinski definition) is 0. The summed E-state index contributed by atoms with van der Waals surface area (Å²) in [7, 11) is 0. The summed E-state index contributed by atoms with van der Waals surface area (Å²) in [6.07, 6.45) is 0. The summed E-state index contributed by atoms with van der Waals surface area (Å²) in [5, 5.41) is 7.03. The largest absolute Gasteiger partial charge is 0.456 e. The van der Waals surface area contributed by atoms with E-state index >= 15 is 0 Å². The number of aromatic nitrogens is 4. The number of para-hydroxylation sites is 1. The van der Waals surface area contributed by atoms with E-state index < -0.39 is 0 Å². The SMILES string of the molecule is c1ccc(-c2nc(-c3ccc(-c4ccc5c(c4)oc4cccc(-c6ccccc6)c45)cc3)nc(-n3c4ccccc4c4ccc5sc6ccccc6c5c43)n2)cc1. The Bertz CT molecular complexity index is 3510. The summed E-state index contributed by atoms with van der Waals surface area (Å²) in [6.45, 7) is 0. The van der Waals surface area contributed by atoms with Crippen molar-refractivity contribution < 1.29 is 4.42 Å². The molecule has 0 aliphatic rings. The third kappa shape index (κ3) is 5.04. The molecule has 4 aromatic heterocycles. The molecule has 0 N–H and O–H groups in total. The molecule has 12 aromatic rings. The molecule has 0 saturated heterocycles. The predicted octanol–water partition coefficient (Wildman–Crippen LogP) is 13.9. The zero-order valence-electron chi connectivity index (χ0n) is 30.4. The molecule has 0 radical (unpaired) electrons. The van der Waals surface area contributed by atoms with E-state index in [4.69, 9.17) is 19.4 Å². The molecule has 0 aliphatic carbocycles. The molecule has 5 nitrogen and oxygen atoms in total. The van der Waals surface area contributed by atoms with E-state index in [1.807, 2.05) is 41.7 Å². The molecule has 0 aliphatic heterocycles. The fourth-order valence-electron chi connectivity index (χ4n) is 8.46. The molecule has 0 amide bonds. The van der Waals surface area contributed by atoms with E-state index in [1.54, 1.807) is 0 Å². The molecule has 8 aromatic carbocycles. The molecule has 266 valence electrons. The number of furan rings is 1. The lowest BCUT2D eigenvalue weighted by atomic mass is 9.98. The minimum absolute atomic E-state index is 0.585. The molecule has 0 bridgehead atoms. The van der Waals surface area contributed by atoms with Crippen LogP contribution in [-0.4, -0.2) is 19.5 Å². The second kappa shape index (κ2) is 12.6. The molecule has 6 heteroatoms.